The van der Waals surface area contributed by atoms with Crippen LogP contribution in [0.25, 0.3) is 0 Å². The Morgan fingerprint density at radius 2 is 2.50 bits per heavy atom. The predicted octanol–water partition coefficient (Wildman–Crippen LogP) is 0.0177. The van der Waals surface area contributed by atoms with E-state index in [1.54, 1.807) is 0 Å². The summed E-state index contributed by atoms with van der Waals surface area (Å²) in [5.74, 6) is -0.757. The lowest BCUT2D eigenvalue weighted by molar-refractivity contribution is 0.105. The van der Waals surface area contributed by atoms with E-state index in [0.29, 0.717) is 0 Å². The maximum Gasteiger partial charge on any atom is 0.279 e. The average molecular weight is 155 g/mol. The number of aromatic nitrogens is 1. The molecule has 0 aliphatic rings. The number of nitrogen functional groups attached to an aromatic ring is 1. The summed E-state index contributed by atoms with van der Waals surface area (Å²) in [5.41, 5.74) is 5.26. The molecule has 0 saturated carbocycles. The van der Waals surface area contributed by atoms with Gasteiger partial charge >= 0.3 is 0 Å². The Hall–Kier alpha value is -1.23. The first-order valence-electron chi connectivity index (χ1n) is 2.37. The lowest BCUT2D eigenvalue weighted by Gasteiger charge is -1.78. The molecule has 0 spiro atoms. The van der Waals surface area contributed by atoms with Crippen molar-refractivity contribution in [1.82, 2.24) is 4.98 Å². The molecule has 0 atom stereocenters. The van der Waals surface area contributed by atoms with Crippen LogP contribution in [0.4, 0.5) is 5.13 Å². The summed E-state index contributed by atoms with van der Waals surface area (Å²) in [5, 5.41) is 1.70. The van der Waals surface area contributed by atoms with Crippen molar-refractivity contribution < 1.29 is 9.59 Å². The van der Waals surface area contributed by atoms with Crippen LogP contribution in [0.15, 0.2) is 5.38 Å². The number of nitrogens with two attached hydrogens (primary N) is 1. The largest absolute Gasteiger partial charge is 0.375 e. The highest BCUT2D eigenvalue weighted by molar-refractivity contribution is 7.13. The van der Waals surface area contributed by atoms with Crippen LogP contribution in [-0.2, 0) is 4.79 Å². The Labute approximate surface area is 60.7 Å². The Morgan fingerprint density at radius 1 is 1.80 bits per heavy atom. The van der Waals surface area contributed by atoms with Crippen LogP contribution in [0.1, 0.15) is 10.5 Å². The molecule has 1 radical (unpaired) electrons. The van der Waals surface area contributed by atoms with E-state index in [1.165, 1.54) is 11.7 Å². The molecule has 1 aromatic heterocycles. The topological polar surface area (TPSA) is 73.0 Å². The fourth-order valence-corrected chi connectivity index (χ4v) is 0.987. The normalized spacial score (nSPS) is 9.20. The van der Waals surface area contributed by atoms with E-state index in [2.05, 4.69) is 4.98 Å². The molecule has 1 heterocycles. The van der Waals surface area contributed by atoms with Gasteiger partial charge in [-0.3, -0.25) is 9.59 Å². The maximum atomic E-state index is 10.5. The van der Waals surface area contributed by atoms with Crippen molar-refractivity contribution in [1.29, 1.82) is 0 Å². The Balaban J connectivity index is 2.95. The minimum atomic E-state index is -0.757. The highest BCUT2D eigenvalue weighted by Crippen LogP contribution is 2.10. The van der Waals surface area contributed by atoms with E-state index in [0.717, 1.165) is 11.3 Å². The molecule has 0 amide bonds. The van der Waals surface area contributed by atoms with E-state index in [1.807, 2.05) is 0 Å². The van der Waals surface area contributed by atoms with Crippen molar-refractivity contribution in [2.45, 2.75) is 0 Å². The smallest absolute Gasteiger partial charge is 0.279 e. The zero-order valence-corrected chi connectivity index (χ0v) is 5.64. The third kappa shape index (κ3) is 1.19. The van der Waals surface area contributed by atoms with E-state index in [4.69, 9.17) is 5.73 Å². The van der Waals surface area contributed by atoms with Crippen LogP contribution in [-0.4, -0.2) is 17.1 Å². The zero-order chi connectivity index (χ0) is 7.56. The Kier molecular flexibility index (Phi) is 1.77. The minimum absolute atomic E-state index is 0.0671. The van der Waals surface area contributed by atoms with E-state index < -0.39 is 5.78 Å². The number of carbonyl (C=O) groups is 1. The van der Waals surface area contributed by atoms with Crippen LogP contribution >= 0.6 is 11.3 Å². The Bertz CT molecular complexity index is 268. The van der Waals surface area contributed by atoms with Gasteiger partial charge in [0, 0.05) is 5.38 Å². The van der Waals surface area contributed by atoms with Gasteiger partial charge in [-0.05, 0) is 0 Å². The summed E-state index contributed by atoms with van der Waals surface area (Å²) in [4.78, 5) is 23.8. The van der Waals surface area contributed by atoms with Gasteiger partial charge in [0.15, 0.2) is 5.13 Å². The molecule has 1 rings (SSSR count). The lowest BCUT2D eigenvalue weighted by atomic mass is 10.3. The number of Topliss-reactive ketones (excluding diaryl/α,β-unsaturated/α-hetero) is 1. The van der Waals surface area contributed by atoms with Gasteiger partial charge in [-0.15, -0.1) is 11.3 Å². The van der Waals surface area contributed by atoms with Crippen molar-refractivity contribution in [3.05, 3.63) is 11.1 Å². The first-order valence-corrected chi connectivity index (χ1v) is 3.25. The standard InChI is InChI=1S/C5H3N2O2S/c6-5-7-3(2-10-5)4(9)1-8/h2H,(H2,6,7). The minimum Gasteiger partial charge on any atom is -0.375 e. The molecule has 4 nitrogen and oxygen atoms in total. The number of thiazole rings is 1. The fraction of sp³-hybridized carbons (Fsp3) is 0. The molecule has 0 unspecified atom stereocenters. The SMILES string of the molecule is Nc1nc(C(=O)[C]=O)cs1. The molecule has 5 heteroatoms. The summed E-state index contributed by atoms with van der Waals surface area (Å²) < 4.78 is 0. The molecule has 10 heavy (non-hydrogen) atoms. The number of carbonyl (C=O) groups excluding carboxylic acids is 2. The van der Waals surface area contributed by atoms with Gasteiger partial charge < -0.3 is 5.73 Å². The van der Waals surface area contributed by atoms with Gasteiger partial charge in [0.05, 0.1) is 0 Å². The highest BCUT2D eigenvalue weighted by Gasteiger charge is 2.07. The van der Waals surface area contributed by atoms with Gasteiger partial charge in [0.1, 0.15) is 5.69 Å². The molecule has 51 valence electrons. The monoisotopic (exact) mass is 155 g/mol. The van der Waals surface area contributed by atoms with Crippen molar-refractivity contribution in [3.63, 3.8) is 0 Å². The summed E-state index contributed by atoms with van der Waals surface area (Å²) in [6, 6.07) is 0. The third-order valence-electron chi connectivity index (χ3n) is 0.847. The van der Waals surface area contributed by atoms with Gasteiger partial charge in [-0.25, -0.2) is 4.98 Å². The predicted molar refractivity (Wildman–Crippen MR) is 36.6 cm³/mol. The summed E-state index contributed by atoms with van der Waals surface area (Å²) in [6.45, 7) is 0. The first kappa shape index (κ1) is 6.88. The zero-order valence-electron chi connectivity index (χ0n) is 4.83. The fourth-order valence-electron chi connectivity index (χ4n) is 0.444. The van der Waals surface area contributed by atoms with E-state index in [9.17, 15) is 9.59 Å². The number of hydrogen-bond donors (Lipinski definition) is 1. The van der Waals surface area contributed by atoms with Crippen LogP contribution < -0.4 is 5.73 Å². The molecule has 0 aromatic carbocycles. The van der Waals surface area contributed by atoms with Crippen molar-refractivity contribution >= 4 is 28.5 Å². The van der Waals surface area contributed by atoms with Crippen molar-refractivity contribution in [2.24, 2.45) is 0 Å². The number of nitrogens with zero attached hydrogens (tertiary/aromatic N) is 1. The molecule has 0 aliphatic heterocycles. The molecule has 0 aliphatic carbocycles. The van der Waals surface area contributed by atoms with E-state index in [-0.39, 0.29) is 10.8 Å². The second-order valence-corrected chi connectivity index (χ2v) is 2.39. The molecule has 2 N–H and O–H groups in total. The van der Waals surface area contributed by atoms with Gasteiger partial charge in [0.25, 0.3) is 12.1 Å². The highest BCUT2D eigenvalue weighted by atomic mass is 32.1. The number of anilines is 1. The molecular weight excluding hydrogens is 152 g/mol. The second kappa shape index (κ2) is 2.57. The molecule has 1 aromatic rings. The summed E-state index contributed by atoms with van der Waals surface area (Å²) >= 11 is 1.12. The molecule has 0 fully saturated rings. The lowest BCUT2D eigenvalue weighted by Crippen LogP contribution is -1.99. The van der Waals surface area contributed by atoms with E-state index >= 15 is 0 Å². The molecule has 0 bridgehead atoms. The number of ketones is 1. The number of hydrogen-bond acceptors (Lipinski definition) is 5. The number of rotatable bonds is 2. The van der Waals surface area contributed by atoms with Crippen molar-refractivity contribution in [3.8, 4) is 0 Å². The van der Waals surface area contributed by atoms with Crippen LogP contribution in [0, 0.1) is 0 Å². The summed E-state index contributed by atoms with van der Waals surface area (Å²) in [7, 11) is 0. The maximum absolute atomic E-state index is 10.5. The van der Waals surface area contributed by atoms with Gasteiger partial charge in [-0.2, -0.15) is 0 Å². The van der Waals surface area contributed by atoms with Crippen LogP contribution in [0.3, 0.4) is 0 Å². The molecule has 0 saturated heterocycles. The van der Waals surface area contributed by atoms with Crippen LogP contribution in [0.2, 0.25) is 0 Å². The van der Waals surface area contributed by atoms with Crippen molar-refractivity contribution in [2.75, 3.05) is 5.73 Å². The summed E-state index contributed by atoms with van der Waals surface area (Å²) in [6.07, 6.45) is 1.19. The molecular formula is C5H3N2O2S. The second-order valence-electron chi connectivity index (χ2n) is 1.50. The Morgan fingerprint density at radius 3 is 2.90 bits per heavy atom. The van der Waals surface area contributed by atoms with Crippen LogP contribution in [0.5, 0.6) is 0 Å². The van der Waals surface area contributed by atoms with Gasteiger partial charge in [0.2, 0.25) is 0 Å². The average Bonchev–Trinajstić information content (AvgIpc) is 2.34. The van der Waals surface area contributed by atoms with Gasteiger partial charge in [-0.1, -0.05) is 0 Å². The third-order valence-corrected chi connectivity index (χ3v) is 1.52. The first-order chi connectivity index (χ1) is 4.74. The quantitative estimate of drug-likeness (QED) is 0.482.